The first kappa shape index (κ1) is 17.1. The van der Waals surface area contributed by atoms with E-state index in [0.717, 1.165) is 31.5 Å². The highest BCUT2D eigenvalue weighted by molar-refractivity contribution is 5.23. The van der Waals surface area contributed by atoms with Crippen molar-refractivity contribution >= 4 is 0 Å². The molecule has 1 rings (SSSR count). The van der Waals surface area contributed by atoms with Crippen molar-refractivity contribution in [3.05, 3.63) is 35.1 Å². The van der Waals surface area contributed by atoms with Gasteiger partial charge in [0.15, 0.2) is 6.29 Å². The molecule has 0 saturated carbocycles. The fourth-order valence-corrected chi connectivity index (χ4v) is 2.03. The van der Waals surface area contributed by atoms with Gasteiger partial charge < -0.3 is 14.8 Å². The van der Waals surface area contributed by atoms with E-state index >= 15 is 0 Å². The van der Waals surface area contributed by atoms with Gasteiger partial charge >= 0.3 is 0 Å². The standard InChI is InChI=1S/C16H26FNO2/c1-4-19-16(20-5-2)7-6-10-18-12-14-8-9-15(17)13(3)11-14/h8-9,11,16,18H,4-7,10,12H2,1-3H3. The molecule has 0 radical (unpaired) electrons. The monoisotopic (exact) mass is 283 g/mol. The van der Waals surface area contributed by atoms with Gasteiger partial charge in [-0.05, 0) is 57.4 Å². The third-order valence-corrected chi connectivity index (χ3v) is 3.05. The number of aryl methyl sites for hydroxylation is 1. The van der Waals surface area contributed by atoms with Crippen LogP contribution in [0.1, 0.15) is 37.8 Å². The van der Waals surface area contributed by atoms with E-state index in [-0.39, 0.29) is 12.1 Å². The van der Waals surface area contributed by atoms with E-state index < -0.39 is 0 Å². The fraction of sp³-hybridized carbons (Fsp3) is 0.625. The van der Waals surface area contributed by atoms with Crippen molar-refractivity contribution in [2.45, 2.75) is 46.4 Å². The summed E-state index contributed by atoms with van der Waals surface area (Å²) in [6.07, 6.45) is 1.78. The molecule has 0 amide bonds. The van der Waals surface area contributed by atoms with Gasteiger partial charge in [0.05, 0.1) is 0 Å². The van der Waals surface area contributed by atoms with E-state index in [2.05, 4.69) is 5.32 Å². The van der Waals surface area contributed by atoms with Crippen LogP contribution in [0.25, 0.3) is 0 Å². The Hall–Kier alpha value is -0.970. The van der Waals surface area contributed by atoms with Gasteiger partial charge in [0.1, 0.15) is 5.82 Å². The third-order valence-electron chi connectivity index (χ3n) is 3.05. The molecule has 0 spiro atoms. The molecule has 0 saturated heterocycles. The molecular weight excluding hydrogens is 257 g/mol. The summed E-state index contributed by atoms with van der Waals surface area (Å²) in [5.74, 6) is -0.148. The Morgan fingerprint density at radius 2 is 1.90 bits per heavy atom. The number of hydrogen-bond donors (Lipinski definition) is 1. The summed E-state index contributed by atoms with van der Waals surface area (Å²) in [5.41, 5.74) is 1.80. The normalized spacial score (nSPS) is 11.2. The number of hydrogen-bond acceptors (Lipinski definition) is 3. The summed E-state index contributed by atoms with van der Waals surface area (Å²) >= 11 is 0. The van der Waals surface area contributed by atoms with Crippen molar-refractivity contribution in [2.24, 2.45) is 0 Å². The molecule has 1 N–H and O–H groups in total. The van der Waals surface area contributed by atoms with Crippen LogP contribution < -0.4 is 5.32 Å². The quantitative estimate of drug-likeness (QED) is 0.527. The number of ether oxygens (including phenoxy) is 2. The van der Waals surface area contributed by atoms with Crippen molar-refractivity contribution in [1.82, 2.24) is 5.32 Å². The van der Waals surface area contributed by atoms with E-state index in [1.54, 1.807) is 6.92 Å². The van der Waals surface area contributed by atoms with E-state index in [9.17, 15) is 4.39 Å². The average Bonchev–Trinajstić information content (AvgIpc) is 2.43. The predicted molar refractivity (Wildman–Crippen MR) is 79.1 cm³/mol. The van der Waals surface area contributed by atoms with Gasteiger partial charge in [0.25, 0.3) is 0 Å². The molecule has 0 aliphatic rings. The molecule has 0 unspecified atom stereocenters. The molecule has 0 fully saturated rings. The first-order valence-corrected chi connectivity index (χ1v) is 7.36. The molecule has 0 heterocycles. The Bertz CT molecular complexity index is 379. The van der Waals surface area contributed by atoms with Crippen LogP contribution >= 0.6 is 0 Å². The highest BCUT2D eigenvalue weighted by Gasteiger charge is 2.06. The molecule has 3 nitrogen and oxygen atoms in total. The summed E-state index contributed by atoms with van der Waals surface area (Å²) in [5, 5.41) is 3.35. The second-order valence-electron chi connectivity index (χ2n) is 4.74. The van der Waals surface area contributed by atoms with E-state index in [1.165, 1.54) is 6.07 Å². The Kier molecular flexibility index (Phi) is 8.42. The molecule has 20 heavy (non-hydrogen) atoms. The molecule has 4 heteroatoms. The Balaban J connectivity index is 2.19. The highest BCUT2D eigenvalue weighted by atomic mass is 19.1. The first-order chi connectivity index (χ1) is 9.67. The van der Waals surface area contributed by atoms with Crippen molar-refractivity contribution < 1.29 is 13.9 Å². The van der Waals surface area contributed by atoms with Crippen LogP contribution in [0.15, 0.2) is 18.2 Å². The molecule has 1 aromatic carbocycles. The van der Waals surface area contributed by atoms with Crippen LogP contribution in [-0.4, -0.2) is 26.0 Å². The molecule has 0 aliphatic heterocycles. The van der Waals surface area contributed by atoms with Gasteiger partial charge in [0.2, 0.25) is 0 Å². The Labute approximate surface area is 121 Å². The maximum absolute atomic E-state index is 13.1. The average molecular weight is 283 g/mol. The van der Waals surface area contributed by atoms with E-state index in [1.807, 2.05) is 26.0 Å². The highest BCUT2D eigenvalue weighted by Crippen LogP contribution is 2.09. The summed E-state index contributed by atoms with van der Waals surface area (Å²) in [7, 11) is 0. The van der Waals surface area contributed by atoms with Crippen LogP contribution in [0.3, 0.4) is 0 Å². The molecule has 0 bridgehead atoms. The number of benzene rings is 1. The van der Waals surface area contributed by atoms with Crippen molar-refractivity contribution in [3.63, 3.8) is 0 Å². The minimum atomic E-state index is -0.148. The molecular formula is C16H26FNO2. The van der Waals surface area contributed by atoms with Gasteiger partial charge in [-0.1, -0.05) is 12.1 Å². The number of halogens is 1. The maximum atomic E-state index is 13.1. The lowest BCUT2D eigenvalue weighted by atomic mass is 10.1. The zero-order chi connectivity index (χ0) is 14.8. The molecule has 0 aromatic heterocycles. The van der Waals surface area contributed by atoms with Gasteiger partial charge in [-0.3, -0.25) is 0 Å². The zero-order valence-corrected chi connectivity index (χ0v) is 12.7. The lowest BCUT2D eigenvalue weighted by Gasteiger charge is -2.16. The third kappa shape index (κ3) is 6.46. The summed E-state index contributed by atoms with van der Waals surface area (Å²) in [6, 6.07) is 5.22. The SMILES string of the molecule is CCOC(CCCNCc1ccc(F)c(C)c1)OCC. The molecule has 1 aromatic rings. The number of rotatable bonds is 10. The van der Waals surface area contributed by atoms with Crippen LogP contribution in [0.4, 0.5) is 4.39 Å². The molecule has 0 aliphatic carbocycles. The Morgan fingerprint density at radius 1 is 1.20 bits per heavy atom. The van der Waals surface area contributed by atoms with Crippen molar-refractivity contribution in [2.75, 3.05) is 19.8 Å². The van der Waals surface area contributed by atoms with Crippen molar-refractivity contribution in [3.8, 4) is 0 Å². The lowest BCUT2D eigenvalue weighted by Crippen LogP contribution is -2.21. The topological polar surface area (TPSA) is 30.5 Å². The lowest BCUT2D eigenvalue weighted by molar-refractivity contribution is -0.139. The minimum absolute atomic E-state index is 0.0973. The van der Waals surface area contributed by atoms with Crippen LogP contribution in [0, 0.1) is 12.7 Å². The minimum Gasteiger partial charge on any atom is -0.353 e. The largest absolute Gasteiger partial charge is 0.353 e. The van der Waals surface area contributed by atoms with E-state index in [0.29, 0.717) is 18.8 Å². The van der Waals surface area contributed by atoms with Crippen LogP contribution in [0.2, 0.25) is 0 Å². The van der Waals surface area contributed by atoms with Gasteiger partial charge in [-0.2, -0.15) is 0 Å². The summed E-state index contributed by atoms with van der Waals surface area (Å²) in [6.45, 7) is 8.73. The first-order valence-electron chi connectivity index (χ1n) is 7.36. The molecule has 114 valence electrons. The van der Waals surface area contributed by atoms with Gasteiger partial charge in [-0.25, -0.2) is 4.39 Å². The van der Waals surface area contributed by atoms with Gasteiger partial charge in [0, 0.05) is 19.8 Å². The van der Waals surface area contributed by atoms with E-state index in [4.69, 9.17) is 9.47 Å². The number of nitrogens with one attached hydrogen (secondary N) is 1. The van der Waals surface area contributed by atoms with Gasteiger partial charge in [-0.15, -0.1) is 0 Å². The molecule has 0 atom stereocenters. The Morgan fingerprint density at radius 3 is 2.50 bits per heavy atom. The van der Waals surface area contributed by atoms with Crippen LogP contribution in [-0.2, 0) is 16.0 Å². The summed E-state index contributed by atoms with van der Waals surface area (Å²) < 4.78 is 24.1. The second kappa shape index (κ2) is 9.86. The second-order valence-corrected chi connectivity index (χ2v) is 4.74. The smallest absolute Gasteiger partial charge is 0.157 e. The summed E-state index contributed by atoms with van der Waals surface area (Å²) in [4.78, 5) is 0. The fourth-order valence-electron chi connectivity index (χ4n) is 2.03. The zero-order valence-electron chi connectivity index (χ0n) is 12.7. The van der Waals surface area contributed by atoms with Crippen molar-refractivity contribution in [1.29, 1.82) is 0 Å². The van der Waals surface area contributed by atoms with Crippen LogP contribution in [0.5, 0.6) is 0 Å². The maximum Gasteiger partial charge on any atom is 0.157 e. The predicted octanol–water partition coefficient (Wildman–Crippen LogP) is 3.40.